The predicted molar refractivity (Wildman–Crippen MR) is 47.8 cm³/mol. The predicted octanol–water partition coefficient (Wildman–Crippen LogP) is 1.68. The number of hydrogen-bond donors (Lipinski definition) is 1. The number of hydrogen-bond acceptors (Lipinski definition) is 2. The van der Waals surface area contributed by atoms with Gasteiger partial charge in [-0.2, -0.15) is 0 Å². The lowest BCUT2D eigenvalue weighted by atomic mass is 9.78. The Kier molecular flexibility index (Phi) is 2.38. The molecule has 0 saturated carbocycles. The fraction of sp³-hybridized carbons (Fsp3) is 0.700. The second kappa shape index (κ2) is 3.02. The minimum Gasteiger partial charge on any atom is -0.389 e. The van der Waals surface area contributed by atoms with Gasteiger partial charge in [0.25, 0.3) is 0 Å². The van der Waals surface area contributed by atoms with Gasteiger partial charge in [0, 0.05) is 6.42 Å². The van der Waals surface area contributed by atoms with Gasteiger partial charge >= 0.3 is 0 Å². The molecule has 2 nitrogen and oxygen atoms in total. The summed E-state index contributed by atoms with van der Waals surface area (Å²) in [5, 5.41) is 9.97. The summed E-state index contributed by atoms with van der Waals surface area (Å²) in [5.41, 5.74) is -0.00308. The van der Waals surface area contributed by atoms with Crippen molar-refractivity contribution in [2.45, 2.75) is 39.2 Å². The van der Waals surface area contributed by atoms with E-state index in [-0.39, 0.29) is 18.1 Å². The van der Waals surface area contributed by atoms with Gasteiger partial charge in [0.1, 0.15) is 0 Å². The van der Waals surface area contributed by atoms with E-state index in [9.17, 15) is 9.90 Å². The highest BCUT2D eigenvalue weighted by Gasteiger charge is 2.35. The molecule has 1 aliphatic rings. The Labute approximate surface area is 73.3 Å². The lowest BCUT2D eigenvalue weighted by Gasteiger charge is -2.33. The minimum absolute atomic E-state index is 0.0810. The van der Waals surface area contributed by atoms with Crippen molar-refractivity contribution >= 4 is 5.78 Å². The van der Waals surface area contributed by atoms with Crippen LogP contribution in [0.3, 0.4) is 0 Å². The molecule has 0 spiro atoms. The summed E-state index contributed by atoms with van der Waals surface area (Å²) in [6.07, 6.45) is 2.74. The first-order chi connectivity index (χ1) is 5.46. The standard InChI is InChI=1S/C10H16O2/c1-7(2)10(12)5-4-8(3)9(11)6-10/h4,7,12H,5-6H2,1-3H3/t10-/m0/s1. The Bertz CT molecular complexity index is 228. The van der Waals surface area contributed by atoms with Crippen molar-refractivity contribution in [3.05, 3.63) is 11.6 Å². The van der Waals surface area contributed by atoms with E-state index in [0.29, 0.717) is 6.42 Å². The molecule has 0 aromatic carbocycles. The van der Waals surface area contributed by atoms with Crippen molar-refractivity contribution < 1.29 is 9.90 Å². The molecular weight excluding hydrogens is 152 g/mol. The molecule has 2 heteroatoms. The van der Waals surface area contributed by atoms with Crippen LogP contribution in [0.5, 0.6) is 0 Å². The first-order valence-electron chi connectivity index (χ1n) is 4.38. The third-order valence-corrected chi connectivity index (χ3v) is 2.74. The number of ketones is 1. The van der Waals surface area contributed by atoms with Gasteiger partial charge in [-0.15, -0.1) is 0 Å². The number of aliphatic hydroxyl groups is 1. The fourth-order valence-electron chi connectivity index (χ4n) is 1.37. The van der Waals surface area contributed by atoms with Gasteiger partial charge in [0.15, 0.2) is 5.78 Å². The third-order valence-electron chi connectivity index (χ3n) is 2.74. The average molecular weight is 168 g/mol. The number of rotatable bonds is 1. The van der Waals surface area contributed by atoms with Crippen molar-refractivity contribution in [3.8, 4) is 0 Å². The van der Waals surface area contributed by atoms with Crippen LogP contribution >= 0.6 is 0 Å². The van der Waals surface area contributed by atoms with Crippen LogP contribution in [0.1, 0.15) is 33.6 Å². The Hall–Kier alpha value is -0.630. The van der Waals surface area contributed by atoms with E-state index >= 15 is 0 Å². The molecule has 1 rings (SSSR count). The summed E-state index contributed by atoms with van der Waals surface area (Å²) in [6, 6.07) is 0. The molecule has 0 bridgehead atoms. The molecule has 1 aliphatic carbocycles. The van der Waals surface area contributed by atoms with Crippen molar-refractivity contribution in [2.75, 3.05) is 0 Å². The quantitative estimate of drug-likeness (QED) is 0.646. The van der Waals surface area contributed by atoms with Crippen LogP contribution in [0.2, 0.25) is 0 Å². The number of Topliss-reactive ketones (excluding diaryl/α,β-unsaturated/α-hetero) is 1. The maximum absolute atomic E-state index is 11.3. The first kappa shape index (κ1) is 9.46. The SMILES string of the molecule is CC1=CC[C@@](O)(C(C)C)CC1=O. The molecule has 0 fully saturated rings. The Balaban J connectivity index is 2.83. The lowest BCUT2D eigenvalue weighted by Crippen LogP contribution is -2.39. The molecule has 1 atom stereocenters. The largest absolute Gasteiger partial charge is 0.389 e. The first-order valence-corrected chi connectivity index (χ1v) is 4.38. The van der Waals surface area contributed by atoms with E-state index in [4.69, 9.17) is 0 Å². The van der Waals surface area contributed by atoms with Crippen molar-refractivity contribution in [2.24, 2.45) is 5.92 Å². The highest BCUT2D eigenvalue weighted by Crippen LogP contribution is 2.31. The summed E-state index contributed by atoms with van der Waals surface area (Å²) in [6.45, 7) is 5.70. The topological polar surface area (TPSA) is 37.3 Å². The summed E-state index contributed by atoms with van der Waals surface area (Å²) < 4.78 is 0. The highest BCUT2D eigenvalue weighted by atomic mass is 16.3. The molecule has 0 radical (unpaired) electrons. The maximum atomic E-state index is 11.3. The molecule has 0 saturated heterocycles. The second-order valence-corrected chi connectivity index (χ2v) is 3.95. The monoisotopic (exact) mass is 168 g/mol. The molecule has 0 aromatic rings. The van der Waals surface area contributed by atoms with Gasteiger partial charge in [0.2, 0.25) is 0 Å². The Morgan fingerprint density at radius 1 is 1.58 bits per heavy atom. The molecular formula is C10H16O2. The molecule has 1 N–H and O–H groups in total. The van der Waals surface area contributed by atoms with Gasteiger partial charge in [-0.05, 0) is 24.8 Å². The van der Waals surface area contributed by atoms with E-state index in [2.05, 4.69) is 0 Å². The van der Waals surface area contributed by atoms with E-state index < -0.39 is 5.60 Å². The number of carbonyl (C=O) groups excluding carboxylic acids is 1. The summed E-state index contributed by atoms with van der Waals surface area (Å²) in [4.78, 5) is 11.3. The van der Waals surface area contributed by atoms with Crippen LogP contribution < -0.4 is 0 Å². The Morgan fingerprint density at radius 3 is 2.58 bits per heavy atom. The van der Waals surface area contributed by atoms with Crippen molar-refractivity contribution in [1.82, 2.24) is 0 Å². The fourth-order valence-corrected chi connectivity index (χ4v) is 1.37. The van der Waals surface area contributed by atoms with E-state index in [0.717, 1.165) is 5.57 Å². The zero-order valence-electron chi connectivity index (χ0n) is 7.92. The van der Waals surface area contributed by atoms with Crippen LogP contribution in [0, 0.1) is 5.92 Å². The van der Waals surface area contributed by atoms with Crippen LogP contribution in [0.25, 0.3) is 0 Å². The molecule has 0 heterocycles. The van der Waals surface area contributed by atoms with Crippen molar-refractivity contribution in [1.29, 1.82) is 0 Å². The van der Waals surface area contributed by atoms with Gasteiger partial charge < -0.3 is 5.11 Å². The van der Waals surface area contributed by atoms with E-state index in [1.54, 1.807) is 0 Å². The highest BCUT2D eigenvalue weighted by molar-refractivity contribution is 5.96. The molecule has 0 aliphatic heterocycles. The average Bonchev–Trinajstić information content (AvgIpc) is 1.97. The number of allylic oxidation sites excluding steroid dienone is 1. The van der Waals surface area contributed by atoms with Gasteiger partial charge in [0.05, 0.1) is 5.60 Å². The summed E-state index contributed by atoms with van der Waals surface area (Å²) in [7, 11) is 0. The molecule has 0 aromatic heterocycles. The Morgan fingerprint density at radius 2 is 2.17 bits per heavy atom. The minimum atomic E-state index is -0.795. The third kappa shape index (κ3) is 1.58. The maximum Gasteiger partial charge on any atom is 0.161 e. The molecule has 68 valence electrons. The van der Waals surface area contributed by atoms with Crippen LogP contribution in [-0.4, -0.2) is 16.5 Å². The summed E-state index contributed by atoms with van der Waals surface area (Å²) in [5.74, 6) is 0.225. The van der Waals surface area contributed by atoms with Gasteiger partial charge in [-0.25, -0.2) is 0 Å². The smallest absolute Gasteiger partial charge is 0.161 e. The summed E-state index contributed by atoms with van der Waals surface area (Å²) >= 11 is 0. The van der Waals surface area contributed by atoms with Gasteiger partial charge in [-0.1, -0.05) is 19.9 Å². The van der Waals surface area contributed by atoms with Crippen molar-refractivity contribution in [3.63, 3.8) is 0 Å². The van der Waals surface area contributed by atoms with Gasteiger partial charge in [-0.3, -0.25) is 4.79 Å². The zero-order valence-corrected chi connectivity index (χ0v) is 7.92. The zero-order chi connectivity index (χ0) is 9.35. The second-order valence-electron chi connectivity index (χ2n) is 3.95. The molecule has 0 amide bonds. The molecule has 12 heavy (non-hydrogen) atoms. The molecule has 0 unspecified atom stereocenters. The van der Waals surface area contributed by atoms with Crippen LogP contribution in [0.15, 0.2) is 11.6 Å². The lowest BCUT2D eigenvalue weighted by molar-refractivity contribution is -0.123. The van der Waals surface area contributed by atoms with Crippen LogP contribution in [-0.2, 0) is 4.79 Å². The van der Waals surface area contributed by atoms with Crippen LogP contribution in [0.4, 0.5) is 0 Å². The van der Waals surface area contributed by atoms with E-state index in [1.807, 2.05) is 26.8 Å². The normalized spacial score (nSPS) is 30.8. The number of carbonyl (C=O) groups is 1. The van der Waals surface area contributed by atoms with E-state index in [1.165, 1.54) is 0 Å².